The van der Waals surface area contributed by atoms with Gasteiger partial charge in [0, 0.05) is 5.92 Å². The zero-order valence-electron chi connectivity index (χ0n) is 11.9. The van der Waals surface area contributed by atoms with Crippen LogP contribution in [-0.2, 0) is 0 Å². The van der Waals surface area contributed by atoms with Crippen molar-refractivity contribution < 1.29 is 14.6 Å². The van der Waals surface area contributed by atoms with E-state index in [2.05, 4.69) is 13.8 Å². The number of unbranched alkanes of at least 4 members (excludes halogenated alkanes) is 2. The Bertz CT molecular complexity index is 403. The van der Waals surface area contributed by atoms with Gasteiger partial charge in [-0.25, -0.2) is 0 Å². The molecule has 3 heteroatoms. The van der Waals surface area contributed by atoms with Crippen molar-refractivity contribution in [3.05, 3.63) is 23.8 Å². The summed E-state index contributed by atoms with van der Waals surface area (Å²) < 4.78 is 11.4. The van der Waals surface area contributed by atoms with Gasteiger partial charge in [0.2, 0.25) is 0 Å². The minimum Gasteiger partial charge on any atom is -0.489 e. The molecule has 1 heterocycles. The van der Waals surface area contributed by atoms with Gasteiger partial charge in [-0.15, -0.1) is 0 Å². The van der Waals surface area contributed by atoms with Crippen molar-refractivity contribution in [1.82, 2.24) is 0 Å². The quantitative estimate of drug-likeness (QED) is 0.824. The number of hydrogen-bond acceptors (Lipinski definition) is 3. The van der Waals surface area contributed by atoms with Crippen molar-refractivity contribution in [2.45, 2.75) is 45.6 Å². The van der Waals surface area contributed by atoms with Crippen LogP contribution in [0, 0.1) is 5.92 Å². The summed E-state index contributed by atoms with van der Waals surface area (Å²) in [6.07, 6.45) is 3.80. The number of fused-ring (bicyclic) bond motifs is 1. The zero-order valence-corrected chi connectivity index (χ0v) is 11.9. The average Bonchev–Trinajstić information content (AvgIpc) is 2.61. The molecule has 2 unspecified atom stereocenters. The molecule has 2 rings (SSSR count). The molecule has 0 radical (unpaired) electrons. The number of hydrogen-bond donors (Lipinski definition) is 1. The number of aliphatic hydroxyl groups is 1. The third-order valence-corrected chi connectivity index (χ3v) is 3.48. The van der Waals surface area contributed by atoms with Crippen LogP contribution in [0.4, 0.5) is 0 Å². The molecule has 0 saturated carbocycles. The maximum absolute atomic E-state index is 10.2. The Kier molecular flexibility index (Phi) is 5.08. The highest BCUT2D eigenvalue weighted by Gasteiger charge is 2.17. The Morgan fingerprint density at radius 2 is 1.95 bits per heavy atom. The molecule has 0 amide bonds. The fraction of sp³-hybridized carbons (Fsp3) is 0.625. The van der Waals surface area contributed by atoms with Gasteiger partial charge in [-0.3, -0.25) is 0 Å². The second-order valence-electron chi connectivity index (χ2n) is 5.44. The number of benzene rings is 1. The summed E-state index contributed by atoms with van der Waals surface area (Å²) in [5, 5.41) is 10.2. The highest BCUT2D eigenvalue weighted by Crippen LogP contribution is 2.34. The molecule has 3 nitrogen and oxygen atoms in total. The minimum absolute atomic E-state index is 0.394. The van der Waals surface area contributed by atoms with E-state index in [1.54, 1.807) is 0 Å². The van der Waals surface area contributed by atoms with E-state index in [0.29, 0.717) is 19.1 Å². The molecule has 2 atom stereocenters. The molecule has 0 spiro atoms. The number of ether oxygens (including phenoxy) is 2. The topological polar surface area (TPSA) is 38.7 Å². The lowest BCUT2D eigenvalue weighted by Crippen LogP contribution is -2.12. The molecule has 0 saturated heterocycles. The Labute approximate surface area is 115 Å². The highest BCUT2D eigenvalue weighted by molar-refractivity contribution is 5.44. The van der Waals surface area contributed by atoms with E-state index in [9.17, 15) is 5.11 Å². The monoisotopic (exact) mass is 264 g/mol. The summed E-state index contributed by atoms with van der Waals surface area (Å²) >= 11 is 0. The standard InChI is InChI=1S/C16H24O3/c1-3-4-5-6-14(17)13-7-8-15-16(9-13)19-11-12(2)10-18-15/h7-9,12,14,17H,3-6,10-11H2,1-2H3. The van der Waals surface area contributed by atoms with Gasteiger partial charge in [0.05, 0.1) is 19.3 Å². The first kappa shape index (κ1) is 14.2. The molecule has 106 valence electrons. The SMILES string of the molecule is CCCCCC(O)c1ccc2c(c1)OCC(C)CO2. The average molecular weight is 264 g/mol. The largest absolute Gasteiger partial charge is 0.489 e. The Morgan fingerprint density at radius 3 is 2.68 bits per heavy atom. The van der Waals surface area contributed by atoms with Crippen molar-refractivity contribution in [3.63, 3.8) is 0 Å². The molecule has 1 aliphatic rings. The second-order valence-corrected chi connectivity index (χ2v) is 5.44. The molecule has 0 aromatic heterocycles. The summed E-state index contributed by atoms with van der Waals surface area (Å²) in [4.78, 5) is 0. The van der Waals surface area contributed by atoms with Gasteiger partial charge in [0.25, 0.3) is 0 Å². The summed E-state index contributed by atoms with van der Waals surface area (Å²) in [5.41, 5.74) is 0.924. The molecule has 0 aliphatic carbocycles. The second kappa shape index (κ2) is 6.80. The lowest BCUT2D eigenvalue weighted by molar-refractivity contribution is 0.163. The van der Waals surface area contributed by atoms with Crippen LogP contribution >= 0.6 is 0 Å². The number of aliphatic hydroxyl groups excluding tert-OH is 1. The van der Waals surface area contributed by atoms with Gasteiger partial charge in [-0.05, 0) is 24.1 Å². The first-order valence-corrected chi connectivity index (χ1v) is 7.28. The Balaban J connectivity index is 2.03. The van der Waals surface area contributed by atoms with Crippen LogP contribution < -0.4 is 9.47 Å². The maximum Gasteiger partial charge on any atom is 0.161 e. The van der Waals surface area contributed by atoms with Gasteiger partial charge in [0.15, 0.2) is 11.5 Å². The summed E-state index contributed by atoms with van der Waals surface area (Å²) in [6, 6.07) is 5.77. The van der Waals surface area contributed by atoms with Gasteiger partial charge < -0.3 is 14.6 Å². The normalized spacial score (nSPS) is 19.8. The van der Waals surface area contributed by atoms with Gasteiger partial charge >= 0.3 is 0 Å². The van der Waals surface area contributed by atoms with Crippen LogP contribution in [0.1, 0.15) is 51.2 Å². The van der Waals surface area contributed by atoms with Gasteiger partial charge in [-0.2, -0.15) is 0 Å². The predicted molar refractivity (Wildman–Crippen MR) is 75.7 cm³/mol. The molecule has 0 bridgehead atoms. The van der Waals surface area contributed by atoms with Gasteiger partial charge in [-0.1, -0.05) is 39.2 Å². The van der Waals surface area contributed by atoms with Crippen LogP contribution in [0.25, 0.3) is 0 Å². The van der Waals surface area contributed by atoms with Crippen molar-refractivity contribution in [1.29, 1.82) is 0 Å². The molecule has 1 N–H and O–H groups in total. The lowest BCUT2D eigenvalue weighted by Gasteiger charge is -2.13. The molecule has 1 aromatic carbocycles. The van der Waals surface area contributed by atoms with Crippen molar-refractivity contribution in [3.8, 4) is 11.5 Å². The van der Waals surface area contributed by atoms with Crippen molar-refractivity contribution in [2.75, 3.05) is 13.2 Å². The van der Waals surface area contributed by atoms with E-state index in [1.165, 1.54) is 12.8 Å². The van der Waals surface area contributed by atoms with Crippen LogP contribution in [0.15, 0.2) is 18.2 Å². The molecule has 19 heavy (non-hydrogen) atoms. The zero-order chi connectivity index (χ0) is 13.7. The van der Waals surface area contributed by atoms with Crippen LogP contribution in [0.5, 0.6) is 11.5 Å². The minimum atomic E-state index is -0.402. The van der Waals surface area contributed by atoms with E-state index < -0.39 is 6.10 Å². The van der Waals surface area contributed by atoms with Crippen LogP contribution in [0.3, 0.4) is 0 Å². The summed E-state index contributed by atoms with van der Waals surface area (Å²) in [7, 11) is 0. The fourth-order valence-electron chi connectivity index (χ4n) is 2.23. The third kappa shape index (κ3) is 3.87. The van der Waals surface area contributed by atoms with E-state index in [4.69, 9.17) is 9.47 Å². The third-order valence-electron chi connectivity index (χ3n) is 3.48. The van der Waals surface area contributed by atoms with Crippen molar-refractivity contribution >= 4 is 0 Å². The summed E-state index contributed by atoms with van der Waals surface area (Å²) in [6.45, 7) is 5.63. The fourth-order valence-corrected chi connectivity index (χ4v) is 2.23. The highest BCUT2D eigenvalue weighted by atomic mass is 16.5. The van der Waals surface area contributed by atoms with Crippen LogP contribution in [0.2, 0.25) is 0 Å². The number of rotatable bonds is 5. The molecule has 0 fully saturated rings. The van der Waals surface area contributed by atoms with Crippen molar-refractivity contribution in [2.24, 2.45) is 5.92 Å². The molecular formula is C16H24O3. The van der Waals surface area contributed by atoms with E-state index in [-0.39, 0.29) is 0 Å². The van der Waals surface area contributed by atoms with E-state index >= 15 is 0 Å². The van der Waals surface area contributed by atoms with Crippen LogP contribution in [-0.4, -0.2) is 18.3 Å². The Hall–Kier alpha value is -1.22. The smallest absolute Gasteiger partial charge is 0.161 e. The predicted octanol–water partition coefficient (Wildman–Crippen LogP) is 3.71. The lowest BCUT2D eigenvalue weighted by atomic mass is 10.0. The molecule has 1 aromatic rings. The van der Waals surface area contributed by atoms with E-state index in [1.807, 2.05) is 18.2 Å². The first-order valence-electron chi connectivity index (χ1n) is 7.28. The summed E-state index contributed by atoms with van der Waals surface area (Å²) in [5.74, 6) is 1.94. The Morgan fingerprint density at radius 1 is 1.21 bits per heavy atom. The van der Waals surface area contributed by atoms with Gasteiger partial charge in [0.1, 0.15) is 0 Å². The first-order chi connectivity index (χ1) is 9.20. The molecular weight excluding hydrogens is 240 g/mol. The van der Waals surface area contributed by atoms with E-state index in [0.717, 1.165) is 29.9 Å². The molecule has 1 aliphatic heterocycles. The maximum atomic E-state index is 10.2.